The molecule has 11 nitrogen and oxygen atoms in total. The van der Waals surface area contributed by atoms with Gasteiger partial charge in [0.05, 0.1) is 28.5 Å². The third-order valence-electron chi connectivity index (χ3n) is 6.12. The third-order valence-corrected chi connectivity index (χ3v) is 7.41. The van der Waals surface area contributed by atoms with Crippen LogP contribution in [0.4, 0.5) is 22.9 Å². The van der Waals surface area contributed by atoms with Crippen LogP contribution in [0.25, 0.3) is 22.4 Å². The van der Waals surface area contributed by atoms with Crippen LogP contribution in [-0.2, 0) is 21.9 Å². The van der Waals surface area contributed by atoms with E-state index in [2.05, 4.69) is 35.4 Å². The third kappa shape index (κ3) is 4.89. The molecule has 1 aliphatic rings. The number of hydrogen-bond acceptors (Lipinski definition) is 7. The molecule has 0 bridgehead atoms. The fourth-order valence-electron chi connectivity index (χ4n) is 3.82. The molecule has 1 saturated carbocycles. The lowest BCUT2D eigenvalue weighted by molar-refractivity contribution is -0.117. The Hall–Kier alpha value is -3.93. The van der Waals surface area contributed by atoms with Gasteiger partial charge >= 0.3 is 0 Å². The second-order valence-electron chi connectivity index (χ2n) is 9.02. The van der Waals surface area contributed by atoms with Gasteiger partial charge < -0.3 is 15.6 Å². The van der Waals surface area contributed by atoms with E-state index in [4.69, 9.17) is 0 Å². The van der Waals surface area contributed by atoms with Crippen LogP contribution in [0, 0.1) is 19.8 Å². The number of carbonyl (C=O) groups is 1. The summed E-state index contributed by atoms with van der Waals surface area (Å²) < 4.78 is 29.5. The molecule has 0 atom stereocenters. The molecule has 12 heteroatoms. The lowest BCUT2D eigenvalue weighted by Crippen LogP contribution is -2.16. The number of sulfonamides is 1. The number of fused-ring (bicyclic) bond motifs is 1. The quantitative estimate of drug-likeness (QED) is 0.283. The Labute approximate surface area is 208 Å². The molecule has 36 heavy (non-hydrogen) atoms. The summed E-state index contributed by atoms with van der Waals surface area (Å²) in [4.78, 5) is 24.4. The molecule has 0 unspecified atom stereocenters. The molecule has 0 spiro atoms. The Morgan fingerprint density at radius 1 is 1.11 bits per heavy atom. The predicted octanol–water partition coefficient (Wildman–Crippen LogP) is 3.83. The van der Waals surface area contributed by atoms with Crippen molar-refractivity contribution >= 4 is 50.0 Å². The topological polar surface area (TPSA) is 147 Å². The summed E-state index contributed by atoms with van der Waals surface area (Å²) in [6.45, 7) is 5.35. The maximum Gasteiger partial charge on any atom is 0.232 e. The summed E-state index contributed by atoms with van der Waals surface area (Å²) in [5, 5.41) is 10.7. The van der Waals surface area contributed by atoms with Crippen LogP contribution in [0.1, 0.15) is 31.3 Å². The number of nitrogens with one attached hydrogen (secondary N) is 4. The smallest absolute Gasteiger partial charge is 0.232 e. The van der Waals surface area contributed by atoms with Crippen molar-refractivity contribution in [1.82, 2.24) is 24.7 Å². The Morgan fingerprint density at radius 2 is 1.89 bits per heavy atom. The number of rotatable bonds is 8. The zero-order chi connectivity index (χ0) is 25.6. The monoisotopic (exact) mass is 508 g/mol. The first-order chi connectivity index (χ1) is 17.1. The molecule has 0 radical (unpaired) electrons. The Kier molecular flexibility index (Phi) is 5.91. The van der Waals surface area contributed by atoms with Crippen molar-refractivity contribution in [3.63, 3.8) is 0 Å². The van der Waals surface area contributed by atoms with Gasteiger partial charge in [0, 0.05) is 30.3 Å². The van der Waals surface area contributed by atoms with E-state index in [-0.39, 0.29) is 17.6 Å². The normalized spacial score (nSPS) is 13.7. The summed E-state index contributed by atoms with van der Waals surface area (Å²) in [7, 11) is -1.70. The van der Waals surface area contributed by atoms with E-state index in [1.54, 1.807) is 29.8 Å². The Morgan fingerprint density at radius 3 is 2.56 bits per heavy atom. The summed E-state index contributed by atoms with van der Waals surface area (Å²) >= 11 is 0. The molecule has 4 aromatic rings. The Bertz CT molecular complexity index is 1560. The van der Waals surface area contributed by atoms with Crippen LogP contribution < -0.4 is 15.4 Å². The highest BCUT2D eigenvalue weighted by molar-refractivity contribution is 7.92. The minimum absolute atomic E-state index is 0.0256. The molecule has 3 aromatic heterocycles. The highest BCUT2D eigenvalue weighted by atomic mass is 32.2. The SMILES string of the molecule is CCS(=O)(=O)Nc1cc(-c2cc(C)n(C)n2)ccc1Nc1cc(NC(=O)C2CC2)nc2nc(C)[nH]c12. The second kappa shape index (κ2) is 8.94. The maximum atomic E-state index is 12.5. The number of hydrogen-bond donors (Lipinski definition) is 4. The average molecular weight is 509 g/mol. The highest BCUT2D eigenvalue weighted by Crippen LogP contribution is 2.35. The first-order valence-electron chi connectivity index (χ1n) is 11.7. The molecule has 1 fully saturated rings. The number of aryl methyl sites for hydroxylation is 3. The minimum Gasteiger partial charge on any atom is -0.352 e. The molecule has 4 N–H and O–H groups in total. The van der Waals surface area contributed by atoms with Gasteiger partial charge in [-0.05, 0) is 51.8 Å². The molecule has 0 aliphatic heterocycles. The van der Waals surface area contributed by atoms with Crippen LogP contribution in [0.3, 0.4) is 0 Å². The second-order valence-corrected chi connectivity index (χ2v) is 11.0. The first kappa shape index (κ1) is 23.8. The van der Waals surface area contributed by atoms with Gasteiger partial charge in [0.1, 0.15) is 17.2 Å². The number of aromatic amines is 1. The van der Waals surface area contributed by atoms with E-state index >= 15 is 0 Å². The van der Waals surface area contributed by atoms with E-state index in [0.717, 1.165) is 29.8 Å². The Balaban J connectivity index is 1.56. The lowest BCUT2D eigenvalue weighted by Gasteiger charge is -2.16. The van der Waals surface area contributed by atoms with Gasteiger partial charge in [0.2, 0.25) is 15.9 Å². The van der Waals surface area contributed by atoms with Gasteiger partial charge in [0.15, 0.2) is 5.65 Å². The van der Waals surface area contributed by atoms with Crippen molar-refractivity contribution < 1.29 is 13.2 Å². The molecule has 1 amide bonds. The number of carbonyl (C=O) groups excluding carboxylic acids is 1. The van der Waals surface area contributed by atoms with E-state index in [9.17, 15) is 13.2 Å². The zero-order valence-corrected chi connectivity index (χ0v) is 21.3. The standard InChI is InChI=1S/C24H28N8O3S/c1-5-36(34,35)31-19-11-16(18-10-13(2)32(4)30-18)8-9-17(19)27-20-12-21(29-24(33)15-6-7-15)28-23-22(20)25-14(3)26-23/h8-12,15,31H,5-7H2,1-4H3,(H3,25,26,27,28,29,33). The molecule has 188 valence electrons. The fourth-order valence-corrected chi connectivity index (χ4v) is 4.47. The van der Waals surface area contributed by atoms with Crippen molar-refractivity contribution in [2.75, 3.05) is 21.1 Å². The number of imidazole rings is 1. The van der Waals surface area contributed by atoms with Crippen molar-refractivity contribution in [2.45, 2.75) is 33.6 Å². The van der Waals surface area contributed by atoms with Gasteiger partial charge in [0.25, 0.3) is 0 Å². The number of amides is 1. The molecule has 0 saturated heterocycles. The predicted molar refractivity (Wildman–Crippen MR) is 140 cm³/mol. The van der Waals surface area contributed by atoms with Crippen molar-refractivity contribution in [3.05, 3.63) is 41.9 Å². The minimum atomic E-state index is -3.56. The van der Waals surface area contributed by atoms with Crippen LogP contribution in [-0.4, -0.2) is 44.8 Å². The summed E-state index contributed by atoms with van der Waals surface area (Å²) in [6.07, 6.45) is 1.76. The van der Waals surface area contributed by atoms with Gasteiger partial charge in [-0.25, -0.2) is 18.4 Å². The molecule has 3 heterocycles. The van der Waals surface area contributed by atoms with E-state index in [1.807, 2.05) is 33.0 Å². The van der Waals surface area contributed by atoms with E-state index in [1.165, 1.54) is 0 Å². The average Bonchev–Trinajstić information content (AvgIpc) is 3.53. The first-order valence-corrected chi connectivity index (χ1v) is 13.4. The number of H-pyrrole nitrogens is 1. The van der Waals surface area contributed by atoms with Gasteiger partial charge in [-0.15, -0.1) is 0 Å². The largest absolute Gasteiger partial charge is 0.352 e. The number of nitrogens with zero attached hydrogens (tertiary/aromatic N) is 4. The van der Waals surface area contributed by atoms with E-state index in [0.29, 0.717) is 39.9 Å². The highest BCUT2D eigenvalue weighted by Gasteiger charge is 2.30. The molecule has 5 rings (SSSR count). The molecule has 1 aromatic carbocycles. The summed E-state index contributed by atoms with van der Waals surface area (Å²) in [5.41, 5.74) is 5.09. The van der Waals surface area contributed by atoms with Gasteiger partial charge in [-0.2, -0.15) is 5.10 Å². The van der Waals surface area contributed by atoms with E-state index < -0.39 is 10.0 Å². The number of aromatic nitrogens is 5. The lowest BCUT2D eigenvalue weighted by atomic mass is 10.1. The van der Waals surface area contributed by atoms with Crippen LogP contribution in [0.15, 0.2) is 30.3 Å². The zero-order valence-electron chi connectivity index (χ0n) is 20.5. The van der Waals surface area contributed by atoms with Crippen molar-refractivity contribution in [2.24, 2.45) is 13.0 Å². The molecular formula is C24H28N8O3S. The van der Waals surface area contributed by atoms with Crippen LogP contribution in [0.5, 0.6) is 0 Å². The molecule has 1 aliphatic carbocycles. The number of pyridine rings is 1. The fraction of sp³-hybridized carbons (Fsp3) is 0.333. The van der Waals surface area contributed by atoms with Crippen molar-refractivity contribution in [3.8, 4) is 11.3 Å². The summed E-state index contributed by atoms with van der Waals surface area (Å²) in [5.74, 6) is 0.934. The van der Waals surface area contributed by atoms with Gasteiger partial charge in [-0.3, -0.25) is 14.2 Å². The summed E-state index contributed by atoms with van der Waals surface area (Å²) in [6, 6.07) is 9.08. The molecular weight excluding hydrogens is 480 g/mol. The van der Waals surface area contributed by atoms with Crippen molar-refractivity contribution in [1.29, 1.82) is 0 Å². The van der Waals surface area contributed by atoms with Gasteiger partial charge in [-0.1, -0.05) is 6.07 Å². The maximum absolute atomic E-state index is 12.5. The number of anilines is 4. The van der Waals surface area contributed by atoms with Crippen LogP contribution in [0.2, 0.25) is 0 Å². The number of benzene rings is 1. The van der Waals surface area contributed by atoms with Crippen LogP contribution >= 0.6 is 0 Å².